The van der Waals surface area contributed by atoms with Gasteiger partial charge in [0.05, 0.1) is 24.5 Å². The standard InChI is InChI=1S/C14H20BrN3O2/c1-2-7-18-14(20)13(15)11(9-17-18)16-8-10-5-3-4-6-12(10)19/h2,9-10,12,16,19H,1,3-8H2. The first kappa shape index (κ1) is 15.3. The van der Waals surface area contributed by atoms with Crippen LogP contribution in [-0.4, -0.2) is 27.5 Å². The van der Waals surface area contributed by atoms with Crippen LogP contribution in [0.1, 0.15) is 25.7 Å². The first-order valence-corrected chi connectivity index (χ1v) is 7.71. The third kappa shape index (κ3) is 3.49. The van der Waals surface area contributed by atoms with Crippen LogP contribution in [0.5, 0.6) is 0 Å². The Morgan fingerprint density at radius 2 is 2.30 bits per heavy atom. The summed E-state index contributed by atoms with van der Waals surface area (Å²) in [5.41, 5.74) is 0.493. The SMILES string of the molecule is C=CCn1ncc(NCC2CCCCC2O)c(Br)c1=O. The van der Waals surface area contributed by atoms with E-state index in [1.165, 1.54) is 4.68 Å². The van der Waals surface area contributed by atoms with Gasteiger partial charge in [-0.2, -0.15) is 5.10 Å². The summed E-state index contributed by atoms with van der Waals surface area (Å²) in [6, 6.07) is 0. The van der Waals surface area contributed by atoms with E-state index < -0.39 is 0 Å². The molecule has 0 amide bonds. The third-order valence-electron chi connectivity index (χ3n) is 3.71. The Labute approximate surface area is 126 Å². The summed E-state index contributed by atoms with van der Waals surface area (Å²) in [4.78, 5) is 12.0. The molecular formula is C14H20BrN3O2. The molecule has 1 fully saturated rings. The average molecular weight is 342 g/mol. The van der Waals surface area contributed by atoms with Crippen molar-refractivity contribution < 1.29 is 5.11 Å². The van der Waals surface area contributed by atoms with Gasteiger partial charge >= 0.3 is 0 Å². The minimum atomic E-state index is -0.246. The molecule has 1 aromatic rings. The van der Waals surface area contributed by atoms with E-state index in [0.717, 1.165) is 25.7 Å². The number of anilines is 1. The quantitative estimate of drug-likeness (QED) is 0.805. The van der Waals surface area contributed by atoms with Crippen molar-refractivity contribution in [3.8, 4) is 0 Å². The Hall–Kier alpha value is -1.14. The Bertz CT molecular complexity index is 530. The number of hydrogen-bond donors (Lipinski definition) is 2. The summed E-state index contributed by atoms with van der Waals surface area (Å²) in [6.45, 7) is 4.64. The van der Waals surface area contributed by atoms with Gasteiger partial charge in [-0.05, 0) is 28.8 Å². The highest BCUT2D eigenvalue weighted by atomic mass is 79.9. The minimum absolute atomic E-state index is 0.181. The molecule has 2 rings (SSSR count). The number of halogens is 1. The second-order valence-corrected chi connectivity index (χ2v) is 5.93. The minimum Gasteiger partial charge on any atom is -0.393 e. The van der Waals surface area contributed by atoms with Crippen molar-refractivity contribution in [2.24, 2.45) is 5.92 Å². The van der Waals surface area contributed by atoms with Crippen molar-refractivity contribution >= 4 is 21.6 Å². The zero-order valence-corrected chi connectivity index (χ0v) is 13.0. The van der Waals surface area contributed by atoms with Gasteiger partial charge in [-0.3, -0.25) is 4.79 Å². The molecule has 0 aromatic carbocycles. The fourth-order valence-electron chi connectivity index (χ4n) is 2.51. The van der Waals surface area contributed by atoms with E-state index in [-0.39, 0.29) is 17.6 Å². The fraction of sp³-hybridized carbons (Fsp3) is 0.571. The van der Waals surface area contributed by atoms with Gasteiger partial charge < -0.3 is 10.4 Å². The number of rotatable bonds is 5. The van der Waals surface area contributed by atoms with Crippen LogP contribution in [0.4, 0.5) is 5.69 Å². The van der Waals surface area contributed by atoms with Crippen LogP contribution in [0.2, 0.25) is 0 Å². The predicted octanol–water partition coefficient (Wildman–Crippen LogP) is 2.15. The van der Waals surface area contributed by atoms with E-state index in [0.29, 0.717) is 23.2 Å². The largest absolute Gasteiger partial charge is 0.393 e. The lowest BCUT2D eigenvalue weighted by molar-refractivity contribution is 0.0763. The molecule has 0 aliphatic heterocycles. The van der Waals surface area contributed by atoms with Crippen molar-refractivity contribution in [3.05, 3.63) is 33.7 Å². The van der Waals surface area contributed by atoms with Crippen LogP contribution >= 0.6 is 15.9 Å². The van der Waals surface area contributed by atoms with Gasteiger partial charge in [-0.1, -0.05) is 18.9 Å². The lowest BCUT2D eigenvalue weighted by Crippen LogP contribution is -2.31. The number of nitrogens with one attached hydrogen (secondary N) is 1. The first-order chi connectivity index (χ1) is 9.63. The highest BCUT2D eigenvalue weighted by Gasteiger charge is 2.23. The maximum absolute atomic E-state index is 12.0. The maximum Gasteiger partial charge on any atom is 0.283 e. The molecule has 20 heavy (non-hydrogen) atoms. The van der Waals surface area contributed by atoms with Crippen LogP contribution < -0.4 is 10.9 Å². The van der Waals surface area contributed by atoms with Gasteiger partial charge in [0.2, 0.25) is 0 Å². The Balaban J connectivity index is 2.04. The molecule has 1 aromatic heterocycles. The molecule has 1 aliphatic carbocycles. The highest BCUT2D eigenvalue weighted by Crippen LogP contribution is 2.25. The molecule has 2 atom stereocenters. The van der Waals surface area contributed by atoms with E-state index >= 15 is 0 Å². The summed E-state index contributed by atoms with van der Waals surface area (Å²) in [5.74, 6) is 0.242. The molecular weight excluding hydrogens is 322 g/mol. The summed E-state index contributed by atoms with van der Waals surface area (Å²) in [5, 5.41) is 17.2. The fourth-order valence-corrected chi connectivity index (χ4v) is 2.96. The Morgan fingerprint density at radius 1 is 1.55 bits per heavy atom. The normalized spacial score (nSPS) is 22.5. The number of nitrogens with zero attached hydrogens (tertiary/aromatic N) is 2. The molecule has 0 saturated heterocycles. The van der Waals surface area contributed by atoms with E-state index in [1.807, 2.05) is 0 Å². The van der Waals surface area contributed by atoms with Gasteiger partial charge in [-0.25, -0.2) is 4.68 Å². The predicted molar refractivity (Wildman–Crippen MR) is 82.8 cm³/mol. The van der Waals surface area contributed by atoms with Crippen LogP contribution in [0.25, 0.3) is 0 Å². The second-order valence-electron chi connectivity index (χ2n) is 5.14. The van der Waals surface area contributed by atoms with Gasteiger partial charge in [0.1, 0.15) is 4.47 Å². The topological polar surface area (TPSA) is 67.2 Å². The van der Waals surface area contributed by atoms with E-state index in [4.69, 9.17) is 0 Å². The smallest absolute Gasteiger partial charge is 0.283 e. The van der Waals surface area contributed by atoms with E-state index in [1.54, 1.807) is 12.3 Å². The first-order valence-electron chi connectivity index (χ1n) is 6.92. The molecule has 6 heteroatoms. The molecule has 0 radical (unpaired) electrons. The lowest BCUT2D eigenvalue weighted by atomic mass is 9.86. The number of aliphatic hydroxyl groups excluding tert-OH is 1. The number of aromatic nitrogens is 2. The second kappa shape index (κ2) is 7.04. The van der Waals surface area contributed by atoms with E-state index in [9.17, 15) is 9.90 Å². The zero-order chi connectivity index (χ0) is 14.5. The maximum atomic E-state index is 12.0. The Kier molecular flexibility index (Phi) is 5.37. The molecule has 110 valence electrons. The third-order valence-corrected chi connectivity index (χ3v) is 4.48. The van der Waals surface area contributed by atoms with Crippen LogP contribution in [0.3, 0.4) is 0 Å². The van der Waals surface area contributed by atoms with Crippen LogP contribution in [0, 0.1) is 5.92 Å². The average Bonchev–Trinajstić information content (AvgIpc) is 2.45. The van der Waals surface area contributed by atoms with Crippen molar-refractivity contribution in [2.75, 3.05) is 11.9 Å². The molecule has 1 aliphatic rings. The highest BCUT2D eigenvalue weighted by molar-refractivity contribution is 9.10. The number of hydrogen-bond acceptors (Lipinski definition) is 4. The zero-order valence-electron chi connectivity index (χ0n) is 11.4. The lowest BCUT2D eigenvalue weighted by Gasteiger charge is -2.28. The van der Waals surface area contributed by atoms with Crippen LogP contribution in [-0.2, 0) is 6.54 Å². The van der Waals surface area contributed by atoms with E-state index in [2.05, 4.69) is 32.9 Å². The van der Waals surface area contributed by atoms with Gasteiger partial charge in [0.15, 0.2) is 0 Å². The van der Waals surface area contributed by atoms with Crippen molar-refractivity contribution in [2.45, 2.75) is 38.3 Å². The molecule has 2 N–H and O–H groups in total. The summed E-state index contributed by atoms with van der Waals surface area (Å²) >= 11 is 3.31. The van der Waals surface area contributed by atoms with Crippen LogP contribution in [0.15, 0.2) is 28.1 Å². The molecule has 1 saturated carbocycles. The van der Waals surface area contributed by atoms with Gasteiger partial charge in [0, 0.05) is 12.5 Å². The number of allylic oxidation sites excluding steroid dienone is 1. The molecule has 0 bridgehead atoms. The molecule has 0 spiro atoms. The molecule has 2 unspecified atom stereocenters. The summed E-state index contributed by atoms with van der Waals surface area (Å²) < 4.78 is 1.82. The number of aliphatic hydroxyl groups is 1. The van der Waals surface area contributed by atoms with Gasteiger partial charge in [0.25, 0.3) is 5.56 Å². The van der Waals surface area contributed by atoms with Crippen molar-refractivity contribution in [3.63, 3.8) is 0 Å². The molecule has 5 nitrogen and oxygen atoms in total. The Morgan fingerprint density at radius 3 is 3.00 bits per heavy atom. The molecule has 1 heterocycles. The van der Waals surface area contributed by atoms with Crippen molar-refractivity contribution in [1.29, 1.82) is 0 Å². The monoisotopic (exact) mass is 341 g/mol. The summed E-state index contributed by atoms with van der Waals surface area (Å²) in [7, 11) is 0. The summed E-state index contributed by atoms with van der Waals surface area (Å²) in [6.07, 6.45) is 7.16. The van der Waals surface area contributed by atoms with Crippen molar-refractivity contribution in [1.82, 2.24) is 9.78 Å². The van der Waals surface area contributed by atoms with Gasteiger partial charge in [-0.15, -0.1) is 6.58 Å².